The van der Waals surface area contributed by atoms with E-state index in [0.717, 1.165) is 0 Å². The van der Waals surface area contributed by atoms with Gasteiger partial charge in [-0.1, -0.05) is 15.9 Å². The molecule has 0 saturated carbocycles. The maximum Gasteiger partial charge on any atom is 0.335 e. The van der Waals surface area contributed by atoms with Crippen molar-refractivity contribution in [1.29, 1.82) is 0 Å². The Kier molecular flexibility index (Phi) is 4.17. The molecular formula is C10H9BrO5. The highest BCUT2D eigenvalue weighted by atomic mass is 79.9. The fourth-order valence-electron chi connectivity index (χ4n) is 1.19. The molecule has 0 spiro atoms. The number of carbonyl (C=O) groups excluding carboxylic acids is 1. The second kappa shape index (κ2) is 5.20. The van der Waals surface area contributed by atoms with Crippen LogP contribution in [0.3, 0.4) is 0 Å². The summed E-state index contributed by atoms with van der Waals surface area (Å²) in [5.74, 6) is -1.53. The molecule has 16 heavy (non-hydrogen) atoms. The molecule has 86 valence electrons. The van der Waals surface area contributed by atoms with Crippen LogP contribution in [0.25, 0.3) is 0 Å². The number of hydrogen-bond acceptors (Lipinski definition) is 4. The summed E-state index contributed by atoms with van der Waals surface area (Å²) in [6.07, 6.45) is -2.93. The number of carboxylic acids is 1. The van der Waals surface area contributed by atoms with E-state index in [-0.39, 0.29) is 11.1 Å². The Bertz CT molecular complexity index is 418. The number of aliphatic hydroxyl groups excluding tert-OH is 2. The summed E-state index contributed by atoms with van der Waals surface area (Å²) >= 11 is 3.11. The topological polar surface area (TPSA) is 94.8 Å². The van der Waals surface area contributed by atoms with Crippen molar-refractivity contribution >= 4 is 28.2 Å². The van der Waals surface area contributed by atoms with E-state index in [2.05, 4.69) is 15.9 Å². The SMILES string of the molecule is O=Cc1cc(Br)cc(C(O)C(O)C(=O)O)c1. The Balaban J connectivity index is 3.07. The molecule has 0 saturated heterocycles. The zero-order valence-corrected chi connectivity index (χ0v) is 9.59. The number of rotatable bonds is 4. The minimum atomic E-state index is -1.92. The van der Waals surface area contributed by atoms with E-state index in [1.54, 1.807) is 0 Å². The Morgan fingerprint density at radius 2 is 1.94 bits per heavy atom. The summed E-state index contributed by atoms with van der Waals surface area (Å²) in [6.45, 7) is 0. The first-order valence-electron chi connectivity index (χ1n) is 4.30. The van der Waals surface area contributed by atoms with Crippen LogP contribution in [0.1, 0.15) is 22.0 Å². The van der Waals surface area contributed by atoms with Crippen LogP contribution in [0.15, 0.2) is 22.7 Å². The van der Waals surface area contributed by atoms with E-state index >= 15 is 0 Å². The van der Waals surface area contributed by atoms with E-state index in [1.165, 1.54) is 18.2 Å². The number of benzene rings is 1. The number of halogens is 1. The molecule has 1 aromatic carbocycles. The second-order valence-corrected chi connectivity index (χ2v) is 4.08. The van der Waals surface area contributed by atoms with Crippen LogP contribution in [0.5, 0.6) is 0 Å². The van der Waals surface area contributed by atoms with Gasteiger partial charge in [0.25, 0.3) is 0 Å². The van der Waals surface area contributed by atoms with Gasteiger partial charge < -0.3 is 15.3 Å². The molecule has 1 rings (SSSR count). The van der Waals surface area contributed by atoms with Gasteiger partial charge in [0.2, 0.25) is 0 Å². The van der Waals surface area contributed by atoms with Gasteiger partial charge in [0, 0.05) is 10.0 Å². The standard InChI is InChI=1S/C10H9BrO5/c11-7-2-5(4-12)1-6(3-7)8(13)9(14)10(15)16/h1-4,8-9,13-14H,(H,15,16). The van der Waals surface area contributed by atoms with Crippen LogP contribution in [0.4, 0.5) is 0 Å². The predicted molar refractivity (Wildman–Crippen MR) is 58.1 cm³/mol. The number of carbonyl (C=O) groups is 2. The van der Waals surface area contributed by atoms with Crippen LogP contribution in [0.2, 0.25) is 0 Å². The predicted octanol–water partition coefficient (Wildman–Crippen LogP) is 0.740. The molecule has 0 bridgehead atoms. The van der Waals surface area contributed by atoms with Gasteiger partial charge in [0.05, 0.1) is 0 Å². The maximum atomic E-state index is 10.6. The number of aldehydes is 1. The maximum absolute atomic E-state index is 10.6. The first kappa shape index (κ1) is 12.8. The zero-order chi connectivity index (χ0) is 12.3. The lowest BCUT2D eigenvalue weighted by Crippen LogP contribution is -2.27. The van der Waals surface area contributed by atoms with Crippen molar-refractivity contribution < 1.29 is 24.9 Å². The van der Waals surface area contributed by atoms with E-state index < -0.39 is 18.2 Å². The normalized spacial score (nSPS) is 14.2. The van der Waals surface area contributed by atoms with E-state index in [1.807, 2.05) is 0 Å². The lowest BCUT2D eigenvalue weighted by Gasteiger charge is -2.14. The van der Waals surface area contributed by atoms with Gasteiger partial charge in [-0.2, -0.15) is 0 Å². The van der Waals surface area contributed by atoms with Crippen molar-refractivity contribution in [2.24, 2.45) is 0 Å². The highest BCUT2D eigenvalue weighted by molar-refractivity contribution is 9.10. The zero-order valence-electron chi connectivity index (χ0n) is 8.00. The first-order chi connectivity index (χ1) is 7.45. The fraction of sp³-hybridized carbons (Fsp3) is 0.200. The molecule has 0 aliphatic carbocycles. The Hall–Kier alpha value is -1.24. The van der Waals surface area contributed by atoms with Crippen molar-refractivity contribution in [2.75, 3.05) is 0 Å². The Labute approximate surface area is 99.5 Å². The van der Waals surface area contributed by atoms with Crippen molar-refractivity contribution in [3.05, 3.63) is 33.8 Å². The summed E-state index contributed by atoms with van der Waals surface area (Å²) in [4.78, 5) is 21.0. The van der Waals surface area contributed by atoms with Gasteiger partial charge in [-0.15, -0.1) is 0 Å². The van der Waals surface area contributed by atoms with Crippen LogP contribution in [-0.4, -0.2) is 33.7 Å². The van der Waals surface area contributed by atoms with Crippen molar-refractivity contribution in [3.8, 4) is 0 Å². The smallest absolute Gasteiger partial charge is 0.335 e. The molecule has 2 unspecified atom stereocenters. The molecule has 0 heterocycles. The number of carboxylic acid groups (broad SMARTS) is 1. The molecule has 0 radical (unpaired) electrons. The van der Waals surface area contributed by atoms with E-state index in [4.69, 9.17) is 10.2 Å². The fourth-order valence-corrected chi connectivity index (χ4v) is 1.72. The van der Waals surface area contributed by atoms with Crippen molar-refractivity contribution in [3.63, 3.8) is 0 Å². The minimum Gasteiger partial charge on any atom is -0.479 e. The molecular weight excluding hydrogens is 280 g/mol. The molecule has 0 aliphatic rings. The van der Waals surface area contributed by atoms with Gasteiger partial charge >= 0.3 is 5.97 Å². The lowest BCUT2D eigenvalue weighted by molar-refractivity contribution is -0.153. The molecule has 5 nitrogen and oxygen atoms in total. The highest BCUT2D eigenvalue weighted by Crippen LogP contribution is 2.22. The third-order valence-electron chi connectivity index (χ3n) is 1.97. The van der Waals surface area contributed by atoms with Crippen molar-refractivity contribution in [1.82, 2.24) is 0 Å². The largest absolute Gasteiger partial charge is 0.479 e. The lowest BCUT2D eigenvalue weighted by atomic mass is 10.0. The van der Waals surface area contributed by atoms with Gasteiger partial charge in [-0.05, 0) is 23.8 Å². The molecule has 1 aromatic rings. The molecule has 0 aliphatic heterocycles. The van der Waals surface area contributed by atoms with Gasteiger partial charge in [0.1, 0.15) is 12.4 Å². The summed E-state index contributed by atoms with van der Waals surface area (Å²) in [6, 6.07) is 4.26. The molecule has 0 amide bonds. The average Bonchev–Trinajstić information content (AvgIpc) is 2.25. The third-order valence-corrected chi connectivity index (χ3v) is 2.43. The third kappa shape index (κ3) is 2.88. The molecule has 3 N–H and O–H groups in total. The number of aliphatic hydroxyl groups is 2. The van der Waals surface area contributed by atoms with E-state index in [0.29, 0.717) is 10.8 Å². The number of aliphatic carboxylic acids is 1. The highest BCUT2D eigenvalue weighted by Gasteiger charge is 2.25. The average molecular weight is 289 g/mol. The summed E-state index contributed by atoms with van der Waals surface area (Å²) in [5.41, 5.74) is 0.437. The second-order valence-electron chi connectivity index (χ2n) is 3.16. The number of hydrogen-bond donors (Lipinski definition) is 3. The van der Waals surface area contributed by atoms with Gasteiger partial charge in [-0.25, -0.2) is 4.79 Å². The van der Waals surface area contributed by atoms with E-state index in [9.17, 15) is 14.7 Å². The van der Waals surface area contributed by atoms with Crippen LogP contribution in [0, 0.1) is 0 Å². The van der Waals surface area contributed by atoms with Gasteiger partial charge in [0.15, 0.2) is 6.10 Å². The molecule has 2 atom stereocenters. The molecule has 0 aromatic heterocycles. The molecule has 6 heteroatoms. The van der Waals surface area contributed by atoms with Crippen molar-refractivity contribution in [2.45, 2.75) is 12.2 Å². The monoisotopic (exact) mass is 288 g/mol. The quantitative estimate of drug-likeness (QED) is 0.711. The first-order valence-corrected chi connectivity index (χ1v) is 5.09. The Morgan fingerprint density at radius 3 is 2.44 bits per heavy atom. The molecule has 0 fully saturated rings. The van der Waals surface area contributed by atoms with Crippen LogP contribution < -0.4 is 0 Å². The van der Waals surface area contributed by atoms with Gasteiger partial charge in [-0.3, -0.25) is 4.79 Å². The Morgan fingerprint density at radius 1 is 1.31 bits per heavy atom. The summed E-state index contributed by atoms with van der Waals surface area (Å²) < 4.78 is 0.517. The summed E-state index contributed by atoms with van der Waals surface area (Å²) in [5, 5.41) is 27.2. The van der Waals surface area contributed by atoms with Crippen LogP contribution >= 0.6 is 15.9 Å². The minimum absolute atomic E-state index is 0.159. The van der Waals surface area contributed by atoms with Crippen LogP contribution in [-0.2, 0) is 4.79 Å². The summed E-state index contributed by atoms with van der Waals surface area (Å²) in [7, 11) is 0.